The van der Waals surface area contributed by atoms with E-state index in [0.29, 0.717) is 31.7 Å². The Balaban J connectivity index is 1.47. The summed E-state index contributed by atoms with van der Waals surface area (Å²) in [5.41, 5.74) is 2.54. The number of fused-ring (bicyclic) bond motifs is 1. The molecule has 8 nitrogen and oxygen atoms in total. The van der Waals surface area contributed by atoms with Crippen molar-refractivity contribution < 1.29 is 19.0 Å². The van der Waals surface area contributed by atoms with E-state index in [-0.39, 0.29) is 23.1 Å². The number of halogens is 1. The fourth-order valence-corrected chi connectivity index (χ4v) is 4.57. The molecule has 5 rings (SSSR count). The molecule has 2 aromatic carbocycles. The van der Waals surface area contributed by atoms with Gasteiger partial charge in [-0.05, 0) is 42.7 Å². The van der Waals surface area contributed by atoms with Crippen LogP contribution in [0.1, 0.15) is 23.7 Å². The summed E-state index contributed by atoms with van der Waals surface area (Å²) in [7, 11) is 0. The molecule has 1 atom stereocenters. The number of carboxylic acids is 1. The van der Waals surface area contributed by atoms with Crippen molar-refractivity contribution in [3.8, 4) is 11.4 Å². The molecule has 9 heteroatoms. The van der Waals surface area contributed by atoms with Crippen molar-refractivity contribution in [1.29, 1.82) is 0 Å². The Labute approximate surface area is 195 Å². The van der Waals surface area contributed by atoms with Crippen molar-refractivity contribution in [2.24, 2.45) is 0 Å². The van der Waals surface area contributed by atoms with E-state index >= 15 is 0 Å². The van der Waals surface area contributed by atoms with Crippen molar-refractivity contribution in [1.82, 2.24) is 9.55 Å². The van der Waals surface area contributed by atoms with Gasteiger partial charge >= 0.3 is 5.97 Å². The highest BCUT2D eigenvalue weighted by Gasteiger charge is 2.27. The molecule has 2 aliphatic heterocycles. The number of nitrogens with zero attached hydrogens (tertiary/aromatic N) is 3. The minimum absolute atomic E-state index is 0.0272. The third-order valence-corrected chi connectivity index (χ3v) is 6.31. The summed E-state index contributed by atoms with van der Waals surface area (Å²) in [5.74, 6) is -1.73. The van der Waals surface area contributed by atoms with Crippen LogP contribution < -0.4 is 15.8 Å². The zero-order valence-electron chi connectivity index (χ0n) is 18.5. The molecule has 0 spiro atoms. The molecule has 176 valence electrons. The van der Waals surface area contributed by atoms with Gasteiger partial charge in [0.2, 0.25) is 0 Å². The summed E-state index contributed by atoms with van der Waals surface area (Å²) in [6.45, 7) is 2.53. The van der Waals surface area contributed by atoms with Gasteiger partial charge < -0.3 is 20.1 Å². The molecule has 0 radical (unpaired) electrons. The highest BCUT2D eigenvalue weighted by Crippen LogP contribution is 2.32. The number of rotatable bonds is 5. The third-order valence-electron chi connectivity index (χ3n) is 6.31. The molecule has 0 aliphatic carbocycles. The van der Waals surface area contributed by atoms with Crippen molar-refractivity contribution >= 4 is 17.3 Å². The minimum Gasteiger partial charge on any atom is -0.480 e. The van der Waals surface area contributed by atoms with Crippen molar-refractivity contribution in [2.45, 2.75) is 25.4 Å². The summed E-state index contributed by atoms with van der Waals surface area (Å²) in [5, 5.41) is 12.7. The van der Waals surface area contributed by atoms with Gasteiger partial charge in [0.1, 0.15) is 23.9 Å². The lowest BCUT2D eigenvalue weighted by molar-refractivity contribution is -0.137. The first kappa shape index (κ1) is 22.1. The number of carbonyl (C=O) groups is 1. The number of morpholine rings is 1. The SMILES string of the molecule is O=C(O)Cn1c(-c2ccccc2F)nc2c(c1=O)NC(c1ccc(N3CCOCC3)cc1)CC2. The first-order valence-corrected chi connectivity index (χ1v) is 11.3. The Kier molecular flexibility index (Phi) is 6.02. The molecule has 3 aromatic rings. The highest BCUT2D eigenvalue weighted by molar-refractivity contribution is 5.69. The number of hydrogen-bond donors (Lipinski definition) is 2. The van der Waals surface area contributed by atoms with Gasteiger partial charge in [-0.25, -0.2) is 9.37 Å². The molecule has 34 heavy (non-hydrogen) atoms. The van der Waals surface area contributed by atoms with Gasteiger partial charge in [-0.15, -0.1) is 0 Å². The molecule has 1 fully saturated rings. The zero-order valence-corrected chi connectivity index (χ0v) is 18.5. The zero-order chi connectivity index (χ0) is 23.7. The molecule has 0 saturated carbocycles. The molecule has 2 N–H and O–H groups in total. The van der Waals surface area contributed by atoms with Crippen LogP contribution in [0.25, 0.3) is 11.4 Å². The maximum Gasteiger partial charge on any atom is 0.323 e. The molecule has 2 aliphatic rings. The Morgan fingerprint density at radius 1 is 1.15 bits per heavy atom. The van der Waals surface area contributed by atoms with Crippen LogP contribution in [0.5, 0.6) is 0 Å². The number of aryl methyl sites for hydroxylation is 1. The Morgan fingerprint density at radius 2 is 1.88 bits per heavy atom. The van der Waals surface area contributed by atoms with Crippen LogP contribution in [-0.2, 0) is 22.5 Å². The number of carboxylic acid groups (broad SMARTS) is 1. The molecule has 0 amide bonds. The molecule has 1 saturated heterocycles. The van der Waals surface area contributed by atoms with Crippen LogP contribution >= 0.6 is 0 Å². The number of benzene rings is 2. The van der Waals surface area contributed by atoms with Crippen LogP contribution in [-0.4, -0.2) is 46.9 Å². The lowest BCUT2D eigenvalue weighted by atomic mass is 9.96. The Hall–Kier alpha value is -3.72. The fourth-order valence-electron chi connectivity index (χ4n) is 4.57. The van der Waals surface area contributed by atoms with Crippen molar-refractivity contribution in [3.05, 3.63) is 76.0 Å². The monoisotopic (exact) mass is 464 g/mol. The second-order valence-corrected chi connectivity index (χ2v) is 8.45. The lowest BCUT2D eigenvalue weighted by Crippen LogP contribution is -2.36. The van der Waals surface area contributed by atoms with Crippen LogP contribution in [0.2, 0.25) is 0 Å². The summed E-state index contributed by atoms with van der Waals surface area (Å²) in [6.07, 6.45) is 1.22. The molecular formula is C25H25FN4O4. The number of hydrogen-bond acceptors (Lipinski definition) is 6. The van der Waals surface area contributed by atoms with Crippen molar-refractivity contribution in [2.75, 3.05) is 36.5 Å². The number of aromatic nitrogens is 2. The van der Waals surface area contributed by atoms with Crippen LogP contribution in [0.3, 0.4) is 0 Å². The summed E-state index contributed by atoms with van der Waals surface area (Å²) >= 11 is 0. The topological polar surface area (TPSA) is 96.7 Å². The van der Waals surface area contributed by atoms with Gasteiger partial charge in [-0.2, -0.15) is 0 Å². The Morgan fingerprint density at radius 3 is 2.59 bits per heavy atom. The van der Waals surface area contributed by atoms with Crippen LogP contribution in [0.4, 0.5) is 15.8 Å². The first-order chi connectivity index (χ1) is 16.5. The average Bonchev–Trinajstić information content (AvgIpc) is 2.86. The lowest BCUT2D eigenvalue weighted by Gasteiger charge is -2.30. The average molecular weight is 464 g/mol. The van der Waals surface area contributed by atoms with Gasteiger partial charge in [0.15, 0.2) is 0 Å². The van der Waals surface area contributed by atoms with Gasteiger partial charge in [0, 0.05) is 18.8 Å². The van der Waals surface area contributed by atoms with E-state index in [1.54, 1.807) is 6.07 Å². The first-order valence-electron chi connectivity index (χ1n) is 11.3. The third kappa shape index (κ3) is 4.26. The van der Waals surface area contributed by atoms with Gasteiger partial charge in [-0.3, -0.25) is 14.2 Å². The number of anilines is 2. The standard InChI is InChI=1S/C25H25FN4O4/c26-19-4-2-1-3-18(19)24-28-21-10-9-20(27-23(21)25(33)30(24)15-22(31)32)16-5-7-17(8-6-16)29-11-13-34-14-12-29/h1-8,20,27H,9-15H2,(H,31,32). The van der Waals surface area contributed by atoms with E-state index in [2.05, 4.69) is 27.3 Å². The number of aliphatic carboxylic acids is 1. The molecule has 1 unspecified atom stereocenters. The van der Waals surface area contributed by atoms with Gasteiger partial charge in [0.25, 0.3) is 5.56 Å². The highest BCUT2D eigenvalue weighted by atomic mass is 19.1. The largest absolute Gasteiger partial charge is 0.480 e. The quantitative estimate of drug-likeness (QED) is 0.599. The predicted molar refractivity (Wildman–Crippen MR) is 126 cm³/mol. The van der Waals surface area contributed by atoms with Crippen LogP contribution in [0.15, 0.2) is 53.3 Å². The number of ether oxygens (including phenoxy) is 1. The minimum atomic E-state index is -1.20. The Bertz CT molecular complexity index is 1270. The van der Waals surface area contributed by atoms with E-state index in [4.69, 9.17) is 4.74 Å². The smallest absolute Gasteiger partial charge is 0.323 e. The van der Waals surface area contributed by atoms with E-state index in [1.165, 1.54) is 18.2 Å². The van der Waals surface area contributed by atoms with E-state index < -0.39 is 23.9 Å². The van der Waals surface area contributed by atoms with Gasteiger partial charge in [0.05, 0.1) is 30.5 Å². The summed E-state index contributed by atoms with van der Waals surface area (Å²) < 4.78 is 20.9. The normalized spacial score (nSPS) is 17.7. The molecule has 3 heterocycles. The fraction of sp³-hybridized carbons (Fsp3) is 0.320. The molecule has 0 bridgehead atoms. The maximum atomic E-state index is 14.5. The molecule has 1 aromatic heterocycles. The van der Waals surface area contributed by atoms with E-state index in [1.807, 2.05) is 12.1 Å². The van der Waals surface area contributed by atoms with Crippen LogP contribution in [0, 0.1) is 5.82 Å². The number of nitrogens with one attached hydrogen (secondary N) is 1. The van der Waals surface area contributed by atoms with Gasteiger partial charge in [-0.1, -0.05) is 24.3 Å². The second-order valence-electron chi connectivity index (χ2n) is 8.45. The van der Waals surface area contributed by atoms with Crippen molar-refractivity contribution in [3.63, 3.8) is 0 Å². The predicted octanol–water partition coefficient (Wildman–Crippen LogP) is 3.07. The summed E-state index contributed by atoms with van der Waals surface area (Å²) in [6, 6.07) is 14.0. The summed E-state index contributed by atoms with van der Waals surface area (Å²) in [4.78, 5) is 31.7. The van der Waals surface area contributed by atoms with E-state index in [0.717, 1.165) is 28.9 Å². The second kappa shape index (κ2) is 9.26. The molecular weight excluding hydrogens is 439 g/mol. The van der Waals surface area contributed by atoms with E-state index in [9.17, 15) is 19.1 Å². The maximum absolute atomic E-state index is 14.5.